The molecule has 0 atom stereocenters. The molecule has 6 nitrogen and oxygen atoms in total. The van der Waals surface area contributed by atoms with Crippen molar-refractivity contribution in [3.8, 4) is 0 Å². The smallest absolute Gasteiger partial charge is 0.328 e. The Bertz CT molecular complexity index is 300. The molecule has 0 aromatic heterocycles. The molecule has 1 aliphatic rings. The number of aliphatic carboxylic acids is 1. The van der Waals surface area contributed by atoms with Gasteiger partial charge in [0.1, 0.15) is 5.54 Å². The van der Waals surface area contributed by atoms with Crippen LogP contribution in [0.25, 0.3) is 0 Å². The SMILES string of the molecule is CC(C)(NC(=O)NCCCOCC1CC1)C(=O)O. The predicted octanol–water partition coefficient (Wildman–Crippen LogP) is 0.965. The number of rotatable bonds is 8. The summed E-state index contributed by atoms with van der Waals surface area (Å²) < 4.78 is 5.41. The average Bonchev–Trinajstić information content (AvgIpc) is 3.06. The second-order valence-corrected chi connectivity index (χ2v) is 5.18. The number of carboxylic acids is 1. The lowest BCUT2D eigenvalue weighted by Gasteiger charge is -2.21. The number of amides is 2. The van der Waals surface area contributed by atoms with E-state index in [0.29, 0.717) is 13.2 Å². The maximum atomic E-state index is 11.4. The molecule has 0 spiro atoms. The number of carboxylic acid groups (broad SMARTS) is 1. The van der Waals surface area contributed by atoms with Crippen molar-refractivity contribution in [3.05, 3.63) is 0 Å². The first kappa shape index (κ1) is 14.8. The van der Waals surface area contributed by atoms with E-state index >= 15 is 0 Å². The summed E-state index contributed by atoms with van der Waals surface area (Å²) in [4.78, 5) is 22.2. The number of carbonyl (C=O) groups is 2. The summed E-state index contributed by atoms with van der Waals surface area (Å²) in [6, 6.07) is -0.468. The second kappa shape index (κ2) is 6.58. The van der Waals surface area contributed by atoms with Crippen LogP contribution in [0, 0.1) is 5.92 Å². The molecule has 0 radical (unpaired) electrons. The molecule has 6 heteroatoms. The highest BCUT2D eigenvalue weighted by atomic mass is 16.5. The highest BCUT2D eigenvalue weighted by Gasteiger charge is 2.28. The summed E-state index contributed by atoms with van der Waals surface area (Å²) in [5, 5.41) is 13.8. The first-order valence-corrected chi connectivity index (χ1v) is 6.29. The van der Waals surface area contributed by atoms with Crippen molar-refractivity contribution in [1.29, 1.82) is 0 Å². The maximum Gasteiger partial charge on any atom is 0.328 e. The Kier molecular flexibility index (Phi) is 5.40. The van der Waals surface area contributed by atoms with E-state index in [2.05, 4.69) is 10.6 Å². The minimum absolute atomic E-state index is 0.468. The summed E-state index contributed by atoms with van der Waals surface area (Å²) in [7, 11) is 0. The van der Waals surface area contributed by atoms with E-state index in [-0.39, 0.29) is 0 Å². The van der Waals surface area contributed by atoms with E-state index in [1.54, 1.807) is 0 Å². The topological polar surface area (TPSA) is 87.7 Å². The minimum Gasteiger partial charge on any atom is -0.480 e. The van der Waals surface area contributed by atoms with Crippen molar-refractivity contribution in [1.82, 2.24) is 10.6 Å². The fourth-order valence-corrected chi connectivity index (χ4v) is 1.29. The lowest BCUT2D eigenvalue weighted by molar-refractivity contribution is -0.142. The van der Waals surface area contributed by atoms with Crippen LogP contribution >= 0.6 is 0 Å². The van der Waals surface area contributed by atoms with Crippen molar-refractivity contribution in [3.63, 3.8) is 0 Å². The third kappa shape index (κ3) is 5.86. The van der Waals surface area contributed by atoms with Gasteiger partial charge in [0.15, 0.2) is 0 Å². The third-order valence-electron chi connectivity index (χ3n) is 2.76. The van der Waals surface area contributed by atoms with Gasteiger partial charge >= 0.3 is 12.0 Å². The van der Waals surface area contributed by atoms with Crippen molar-refractivity contribution in [2.45, 2.75) is 38.6 Å². The summed E-state index contributed by atoms with van der Waals surface area (Å²) >= 11 is 0. The van der Waals surface area contributed by atoms with Crippen LogP contribution in [-0.2, 0) is 9.53 Å². The van der Waals surface area contributed by atoms with Gasteiger partial charge in [0.05, 0.1) is 0 Å². The summed E-state index contributed by atoms with van der Waals surface area (Å²) in [6.07, 6.45) is 3.27. The van der Waals surface area contributed by atoms with Crippen LogP contribution < -0.4 is 10.6 Å². The molecule has 1 saturated carbocycles. The zero-order chi connectivity index (χ0) is 13.6. The van der Waals surface area contributed by atoms with Gasteiger partial charge in [-0.3, -0.25) is 0 Å². The lowest BCUT2D eigenvalue weighted by atomic mass is 10.1. The summed E-state index contributed by atoms with van der Waals surface area (Å²) in [6.45, 7) is 4.80. The zero-order valence-corrected chi connectivity index (χ0v) is 11.0. The van der Waals surface area contributed by atoms with Gasteiger partial charge in [-0.15, -0.1) is 0 Å². The highest BCUT2D eigenvalue weighted by Crippen LogP contribution is 2.28. The van der Waals surface area contributed by atoms with Crippen molar-refractivity contribution < 1.29 is 19.4 Å². The van der Waals surface area contributed by atoms with Crippen LogP contribution in [0.4, 0.5) is 4.79 Å². The molecule has 104 valence electrons. The Hall–Kier alpha value is -1.30. The van der Waals surface area contributed by atoms with Gasteiger partial charge in [-0.05, 0) is 39.0 Å². The van der Waals surface area contributed by atoms with Gasteiger partial charge in [0, 0.05) is 19.8 Å². The molecule has 0 aromatic carbocycles. The predicted molar refractivity (Wildman–Crippen MR) is 66.4 cm³/mol. The Balaban J connectivity index is 2.00. The van der Waals surface area contributed by atoms with Gasteiger partial charge in [-0.2, -0.15) is 0 Å². The largest absolute Gasteiger partial charge is 0.480 e. The molecule has 0 unspecified atom stereocenters. The van der Waals surface area contributed by atoms with Crippen LogP contribution in [0.2, 0.25) is 0 Å². The van der Waals surface area contributed by atoms with Crippen molar-refractivity contribution in [2.24, 2.45) is 5.92 Å². The molecular formula is C12H22N2O4. The van der Waals surface area contributed by atoms with Crippen molar-refractivity contribution >= 4 is 12.0 Å². The standard InChI is InChI=1S/C12H22N2O4/c1-12(2,10(15)16)14-11(17)13-6-3-7-18-8-9-4-5-9/h9H,3-8H2,1-2H3,(H,15,16)(H2,13,14,17). The van der Waals surface area contributed by atoms with Crippen LogP contribution in [-0.4, -0.2) is 42.4 Å². The highest BCUT2D eigenvalue weighted by molar-refractivity contribution is 5.85. The van der Waals surface area contributed by atoms with Crippen molar-refractivity contribution in [2.75, 3.05) is 19.8 Å². The van der Waals surface area contributed by atoms with Crippen LogP contribution in [0.3, 0.4) is 0 Å². The Morgan fingerprint density at radius 2 is 2.06 bits per heavy atom. The molecule has 0 aromatic rings. The second-order valence-electron chi connectivity index (χ2n) is 5.18. The molecule has 0 saturated heterocycles. The van der Waals surface area contributed by atoms with E-state index in [9.17, 15) is 9.59 Å². The fourth-order valence-electron chi connectivity index (χ4n) is 1.29. The van der Waals surface area contributed by atoms with Crippen LogP contribution in [0.1, 0.15) is 33.1 Å². The Morgan fingerprint density at radius 3 is 2.61 bits per heavy atom. The number of nitrogens with one attached hydrogen (secondary N) is 2. The molecule has 3 N–H and O–H groups in total. The summed E-state index contributed by atoms with van der Waals surface area (Å²) in [5.41, 5.74) is -1.26. The minimum atomic E-state index is -1.26. The van der Waals surface area contributed by atoms with E-state index in [1.807, 2.05) is 0 Å². The number of urea groups is 1. The van der Waals surface area contributed by atoms with Crippen LogP contribution in [0.5, 0.6) is 0 Å². The molecule has 1 rings (SSSR count). The summed E-state index contributed by atoms with van der Waals surface area (Å²) in [5.74, 6) is -0.317. The average molecular weight is 258 g/mol. The number of ether oxygens (including phenoxy) is 1. The van der Waals surface area contributed by atoms with Crippen LogP contribution in [0.15, 0.2) is 0 Å². The fraction of sp³-hybridized carbons (Fsp3) is 0.833. The van der Waals surface area contributed by atoms with Gasteiger partial charge in [-0.25, -0.2) is 9.59 Å². The van der Waals surface area contributed by atoms with E-state index in [0.717, 1.165) is 18.9 Å². The monoisotopic (exact) mass is 258 g/mol. The molecule has 2 amide bonds. The molecule has 18 heavy (non-hydrogen) atoms. The number of carbonyl (C=O) groups excluding carboxylic acids is 1. The molecule has 1 fully saturated rings. The Morgan fingerprint density at radius 1 is 1.39 bits per heavy atom. The zero-order valence-electron chi connectivity index (χ0n) is 11.0. The third-order valence-corrected chi connectivity index (χ3v) is 2.76. The van der Waals surface area contributed by atoms with E-state index in [1.165, 1.54) is 26.7 Å². The molecule has 0 heterocycles. The first-order chi connectivity index (χ1) is 8.42. The quantitative estimate of drug-likeness (QED) is 0.566. The Labute approximate surface area is 107 Å². The molecule has 1 aliphatic carbocycles. The van der Waals surface area contributed by atoms with Gasteiger partial charge in [-0.1, -0.05) is 0 Å². The van der Waals surface area contributed by atoms with E-state index in [4.69, 9.17) is 9.84 Å². The van der Waals surface area contributed by atoms with Gasteiger partial charge < -0.3 is 20.5 Å². The van der Waals surface area contributed by atoms with Gasteiger partial charge in [0.25, 0.3) is 0 Å². The van der Waals surface area contributed by atoms with Gasteiger partial charge in [0.2, 0.25) is 0 Å². The molecular weight excluding hydrogens is 236 g/mol. The normalized spacial score (nSPS) is 15.2. The number of hydrogen-bond acceptors (Lipinski definition) is 3. The molecule has 0 bridgehead atoms. The lowest BCUT2D eigenvalue weighted by Crippen LogP contribution is -2.53. The first-order valence-electron chi connectivity index (χ1n) is 6.29. The maximum absolute atomic E-state index is 11.4. The number of hydrogen-bond donors (Lipinski definition) is 3. The van der Waals surface area contributed by atoms with E-state index < -0.39 is 17.5 Å². The molecule has 0 aliphatic heterocycles.